The van der Waals surface area contributed by atoms with Gasteiger partial charge in [-0.15, -0.1) is 0 Å². The molecule has 0 saturated heterocycles. The summed E-state index contributed by atoms with van der Waals surface area (Å²) in [7, 11) is 0. The van der Waals surface area contributed by atoms with Crippen LogP contribution in [0.2, 0.25) is 0 Å². The van der Waals surface area contributed by atoms with Gasteiger partial charge in [-0.25, -0.2) is 0 Å². The first kappa shape index (κ1) is 12.2. The highest BCUT2D eigenvalue weighted by Crippen LogP contribution is 2.34. The Bertz CT molecular complexity index is 288. The number of rotatable bonds is 3. The third-order valence-corrected chi connectivity index (χ3v) is 3.40. The lowest BCUT2D eigenvalue weighted by atomic mass is 9.72. The summed E-state index contributed by atoms with van der Waals surface area (Å²) in [6, 6.07) is 0. The summed E-state index contributed by atoms with van der Waals surface area (Å²) in [5, 5.41) is 4.19. The van der Waals surface area contributed by atoms with Crippen LogP contribution in [0, 0.1) is 5.41 Å². The van der Waals surface area contributed by atoms with Gasteiger partial charge in [0.25, 0.3) is 0 Å². The maximum Gasteiger partial charge on any atom is 0.205 e. The molecule has 0 fully saturated rings. The van der Waals surface area contributed by atoms with E-state index in [2.05, 4.69) is 38.2 Å². The minimum Gasteiger partial charge on any atom is -0.295 e. The van der Waals surface area contributed by atoms with Crippen molar-refractivity contribution in [3.05, 3.63) is 0 Å². The number of nitrogens with zero attached hydrogens (tertiary/aromatic N) is 1. The third-order valence-electron chi connectivity index (χ3n) is 3.40. The van der Waals surface area contributed by atoms with E-state index in [9.17, 15) is 4.79 Å². The van der Waals surface area contributed by atoms with Crippen LogP contribution in [0.5, 0.6) is 0 Å². The number of hydrogen-bond donors (Lipinski definition) is 1. The first-order valence-electron chi connectivity index (χ1n) is 5.71. The second kappa shape index (κ2) is 3.95. The van der Waals surface area contributed by atoms with Crippen LogP contribution in [0.15, 0.2) is 5.10 Å². The van der Waals surface area contributed by atoms with Gasteiger partial charge in [-0.3, -0.25) is 10.2 Å². The molecule has 0 amide bonds. The molecule has 1 rings (SSSR count). The van der Waals surface area contributed by atoms with Gasteiger partial charge in [0.15, 0.2) is 0 Å². The van der Waals surface area contributed by atoms with Crippen molar-refractivity contribution in [2.75, 3.05) is 0 Å². The smallest absolute Gasteiger partial charge is 0.205 e. The SMILES string of the molecule is CCCCC1=NNC(C)(C(C)(C)C)C1=O. The van der Waals surface area contributed by atoms with E-state index in [1.165, 1.54) is 0 Å². The fourth-order valence-electron chi connectivity index (χ4n) is 1.59. The zero-order valence-electron chi connectivity index (χ0n) is 10.5. The number of nitrogens with one attached hydrogen (secondary N) is 1. The molecule has 15 heavy (non-hydrogen) atoms. The quantitative estimate of drug-likeness (QED) is 0.777. The molecular formula is C12H22N2O. The van der Waals surface area contributed by atoms with Crippen LogP contribution >= 0.6 is 0 Å². The van der Waals surface area contributed by atoms with Gasteiger partial charge in [0, 0.05) is 0 Å². The second-order valence-electron chi connectivity index (χ2n) is 5.48. The number of unbranched alkanes of at least 4 members (excludes halogenated alkanes) is 1. The lowest BCUT2D eigenvalue weighted by Crippen LogP contribution is -2.54. The van der Waals surface area contributed by atoms with Gasteiger partial charge in [0.05, 0.1) is 0 Å². The molecule has 0 spiro atoms. The highest BCUT2D eigenvalue weighted by Gasteiger charge is 2.48. The lowest BCUT2D eigenvalue weighted by molar-refractivity contribution is -0.121. The summed E-state index contributed by atoms with van der Waals surface area (Å²) < 4.78 is 0. The third kappa shape index (κ3) is 2.06. The zero-order valence-corrected chi connectivity index (χ0v) is 10.5. The number of ketones is 1. The Morgan fingerprint density at radius 2 is 2.00 bits per heavy atom. The average molecular weight is 210 g/mol. The highest BCUT2D eigenvalue weighted by molar-refractivity contribution is 6.44. The van der Waals surface area contributed by atoms with E-state index in [4.69, 9.17) is 0 Å². The van der Waals surface area contributed by atoms with E-state index in [-0.39, 0.29) is 11.2 Å². The van der Waals surface area contributed by atoms with Crippen LogP contribution < -0.4 is 5.43 Å². The molecule has 1 unspecified atom stereocenters. The van der Waals surface area contributed by atoms with Crippen molar-refractivity contribution in [2.24, 2.45) is 10.5 Å². The van der Waals surface area contributed by atoms with E-state index in [0.29, 0.717) is 5.71 Å². The monoisotopic (exact) mass is 210 g/mol. The van der Waals surface area contributed by atoms with Crippen LogP contribution in [0.25, 0.3) is 0 Å². The number of carbonyl (C=O) groups excluding carboxylic acids is 1. The molecule has 3 nitrogen and oxygen atoms in total. The topological polar surface area (TPSA) is 41.5 Å². The predicted molar refractivity (Wildman–Crippen MR) is 63.0 cm³/mol. The van der Waals surface area contributed by atoms with Gasteiger partial charge in [-0.2, -0.15) is 5.10 Å². The maximum atomic E-state index is 12.2. The summed E-state index contributed by atoms with van der Waals surface area (Å²) in [6.07, 6.45) is 2.93. The van der Waals surface area contributed by atoms with Crippen molar-refractivity contribution in [3.63, 3.8) is 0 Å². The maximum absolute atomic E-state index is 12.2. The van der Waals surface area contributed by atoms with E-state index >= 15 is 0 Å². The number of carbonyl (C=O) groups is 1. The molecule has 0 bridgehead atoms. The molecule has 0 aromatic carbocycles. The minimum absolute atomic E-state index is 0.110. The molecule has 1 aliphatic rings. The Kier molecular flexibility index (Phi) is 3.22. The summed E-state index contributed by atoms with van der Waals surface area (Å²) in [4.78, 5) is 12.2. The first-order valence-corrected chi connectivity index (χ1v) is 5.71. The Labute approximate surface area is 92.3 Å². The zero-order chi connectivity index (χ0) is 11.7. The van der Waals surface area contributed by atoms with Gasteiger partial charge >= 0.3 is 0 Å². The first-order chi connectivity index (χ1) is 6.83. The van der Waals surface area contributed by atoms with Crippen LogP contribution in [0.4, 0.5) is 0 Å². The molecule has 1 heterocycles. The van der Waals surface area contributed by atoms with Crippen LogP contribution in [0.1, 0.15) is 53.9 Å². The predicted octanol–water partition coefficient (Wildman–Crippen LogP) is 2.51. The minimum atomic E-state index is -0.532. The van der Waals surface area contributed by atoms with Crippen LogP contribution in [-0.4, -0.2) is 17.0 Å². The van der Waals surface area contributed by atoms with Crippen molar-refractivity contribution in [1.82, 2.24) is 5.43 Å². The Hall–Kier alpha value is -0.860. The molecule has 0 aliphatic carbocycles. The molecule has 1 atom stereocenters. The van der Waals surface area contributed by atoms with E-state index in [1.807, 2.05) is 6.92 Å². The summed E-state index contributed by atoms with van der Waals surface area (Å²) in [6.45, 7) is 10.3. The van der Waals surface area contributed by atoms with E-state index < -0.39 is 5.54 Å². The number of Topliss-reactive ketones (excluding diaryl/α,β-unsaturated/α-hetero) is 1. The Balaban J connectivity index is 2.77. The number of hydrazone groups is 1. The summed E-state index contributed by atoms with van der Waals surface area (Å²) in [5.74, 6) is 0.170. The van der Waals surface area contributed by atoms with Gasteiger partial charge in [-0.1, -0.05) is 34.1 Å². The fourth-order valence-corrected chi connectivity index (χ4v) is 1.59. The van der Waals surface area contributed by atoms with Crippen molar-refractivity contribution >= 4 is 11.5 Å². The molecule has 0 aromatic heterocycles. The van der Waals surface area contributed by atoms with Gasteiger partial charge < -0.3 is 0 Å². The van der Waals surface area contributed by atoms with Gasteiger partial charge in [-0.05, 0) is 25.2 Å². The highest BCUT2D eigenvalue weighted by atomic mass is 16.1. The second-order valence-corrected chi connectivity index (χ2v) is 5.48. The lowest BCUT2D eigenvalue weighted by Gasteiger charge is -2.36. The van der Waals surface area contributed by atoms with Gasteiger partial charge in [0.1, 0.15) is 11.3 Å². The molecule has 0 aromatic rings. The van der Waals surface area contributed by atoms with Crippen molar-refractivity contribution in [3.8, 4) is 0 Å². The fraction of sp³-hybridized carbons (Fsp3) is 0.833. The van der Waals surface area contributed by atoms with E-state index in [1.54, 1.807) is 0 Å². The average Bonchev–Trinajstić information content (AvgIpc) is 2.42. The largest absolute Gasteiger partial charge is 0.295 e. The van der Waals surface area contributed by atoms with Crippen molar-refractivity contribution < 1.29 is 4.79 Å². The van der Waals surface area contributed by atoms with E-state index in [0.717, 1.165) is 19.3 Å². The van der Waals surface area contributed by atoms with Crippen LogP contribution in [-0.2, 0) is 4.79 Å². The molecular weight excluding hydrogens is 188 g/mol. The number of hydrogen-bond acceptors (Lipinski definition) is 3. The molecule has 3 heteroatoms. The summed E-state index contributed by atoms with van der Waals surface area (Å²) in [5.41, 5.74) is 3.10. The van der Waals surface area contributed by atoms with Gasteiger partial charge in [0.2, 0.25) is 5.78 Å². The normalized spacial score (nSPS) is 26.5. The molecule has 1 N–H and O–H groups in total. The molecule has 0 saturated carbocycles. The molecule has 0 radical (unpaired) electrons. The Morgan fingerprint density at radius 3 is 2.40 bits per heavy atom. The van der Waals surface area contributed by atoms with Crippen molar-refractivity contribution in [1.29, 1.82) is 0 Å². The standard InChI is InChI=1S/C12H22N2O/c1-6-7-8-9-10(15)12(5,14-13-9)11(2,3)4/h14H,6-8H2,1-5H3. The van der Waals surface area contributed by atoms with Crippen LogP contribution in [0.3, 0.4) is 0 Å². The molecule has 86 valence electrons. The Morgan fingerprint density at radius 1 is 1.40 bits per heavy atom. The molecule has 1 aliphatic heterocycles. The van der Waals surface area contributed by atoms with Crippen molar-refractivity contribution in [2.45, 2.75) is 59.4 Å². The summed E-state index contributed by atoms with van der Waals surface area (Å²) >= 11 is 0.